The van der Waals surface area contributed by atoms with Crippen LogP contribution in [0.2, 0.25) is 0 Å². The SMILES string of the molecule is COCC(N)C(=O)N(C)C(C)c1ccccc1.Cl. The van der Waals surface area contributed by atoms with Gasteiger partial charge in [-0.2, -0.15) is 0 Å². The van der Waals surface area contributed by atoms with Crippen LogP contribution in [0.15, 0.2) is 30.3 Å². The van der Waals surface area contributed by atoms with Gasteiger partial charge in [-0.1, -0.05) is 30.3 Å². The number of carbonyl (C=O) groups excluding carboxylic acids is 1. The first kappa shape index (κ1) is 16.9. The first-order valence-electron chi connectivity index (χ1n) is 5.64. The van der Waals surface area contributed by atoms with Crippen LogP contribution in [-0.2, 0) is 9.53 Å². The Morgan fingerprint density at radius 2 is 1.94 bits per heavy atom. The minimum atomic E-state index is -0.601. The first-order valence-corrected chi connectivity index (χ1v) is 5.64. The molecule has 5 heteroatoms. The van der Waals surface area contributed by atoms with Crippen LogP contribution >= 0.6 is 12.4 Å². The monoisotopic (exact) mass is 272 g/mol. The highest BCUT2D eigenvalue weighted by molar-refractivity contribution is 5.85. The van der Waals surface area contributed by atoms with Gasteiger partial charge in [-0.05, 0) is 12.5 Å². The number of ether oxygens (including phenoxy) is 1. The third-order valence-electron chi connectivity index (χ3n) is 2.87. The fraction of sp³-hybridized carbons (Fsp3) is 0.462. The summed E-state index contributed by atoms with van der Waals surface area (Å²) in [6.07, 6.45) is 0. The van der Waals surface area contributed by atoms with Crippen LogP contribution in [0.4, 0.5) is 0 Å². The largest absolute Gasteiger partial charge is 0.383 e. The van der Waals surface area contributed by atoms with Gasteiger partial charge in [-0.3, -0.25) is 4.79 Å². The lowest BCUT2D eigenvalue weighted by molar-refractivity contribution is -0.134. The molecule has 0 spiro atoms. The number of methoxy groups -OCH3 is 1. The first-order chi connectivity index (χ1) is 8.07. The molecule has 1 rings (SSSR count). The van der Waals surface area contributed by atoms with Crippen molar-refractivity contribution >= 4 is 18.3 Å². The molecule has 102 valence electrons. The lowest BCUT2D eigenvalue weighted by atomic mass is 10.1. The molecule has 2 N–H and O–H groups in total. The van der Waals surface area contributed by atoms with Gasteiger partial charge in [-0.15, -0.1) is 12.4 Å². The van der Waals surface area contributed by atoms with Crippen LogP contribution in [0.1, 0.15) is 18.5 Å². The van der Waals surface area contributed by atoms with Crippen molar-refractivity contribution in [1.82, 2.24) is 4.90 Å². The van der Waals surface area contributed by atoms with Crippen LogP contribution in [0.25, 0.3) is 0 Å². The summed E-state index contributed by atoms with van der Waals surface area (Å²) in [5.74, 6) is -0.108. The molecule has 18 heavy (non-hydrogen) atoms. The van der Waals surface area contributed by atoms with Crippen LogP contribution in [0.3, 0.4) is 0 Å². The quantitative estimate of drug-likeness (QED) is 0.886. The Morgan fingerprint density at radius 3 is 2.44 bits per heavy atom. The van der Waals surface area contributed by atoms with E-state index >= 15 is 0 Å². The highest BCUT2D eigenvalue weighted by Crippen LogP contribution is 2.18. The van der Waals surface area contributed by atoms with E-state index in [1.165, 1.54) is 7.11 Å². The van der Waals surface area contributed by atoms with Crippen LogP contribution in [0.5, 0.6) is 0 Å². The average molecular weight is 273 g/mol. The summed E-state index contributed by atoms with van der Waals surface area (Å²) in [7, 11) is 3.29. The highest BCUT2D eigenvalue weighted by Gasteiger charge is 2.22. The third kappa shape index (κ3) is 4.29. The minimum Gasteiger partial charge on any atom is -0.383 e. The molecule has 0 saturated carbocycles. The second-order valence-corrected chi connectivity index (χ2v) is 4.10. The van der Waals surface area contributed by atoms with E-state index < -0.39 is 6.04 Å². The average Bonchev–Trinajstić information content (AvgIpc) is 2.37. The molecule has 0 aromatic heterocycles. The normalized spacial score (nSPS) is 13.3. The maximum absolute atomic E-state index is 12.0. The summed E-state index contributed by atoms with van der Waals surface area (Å²) >= 11 is 0. The molecule has 0 aliphatic carbocycles. The van der Waals surface area contributed by atoms with Crippen LogP contribution in [-0.4, -0.2) is 37.6 Å². The van der Waals surface area contributed by atoms with Crippen molar-refractivity contribution in [3.8, 4) is 0 Å². The number of carbonyl (C=O) groups is 1. The molecule has 4 nitrogen and oxygen atoms in total. The Bertz CT molecular complexity index is 359. The highest BCUT2D eigenvalue weighted by atomic mass is 35.5. The van der Waals surface area contributed by atoms with Crippen LogP contribution in [0, 0.1) is 0 Å². The van der Waals surface area contributed by atoms with E-state index in [9.17, 15) is 4.79 Å². The molecule has 0 radical (unpaired) electrons. The van der Waals surface area contributed by atoms with E-state index in [2.05, 4.69) is 0 Å². The van der Waals surface area contributed by atoms with Gasteiger partial charge in [-0.25, -0.2) is 0 Å². The Hall–Kier alpha value is -1.10. The van der Waals surface area contributed by atoms with Crippen LogP contribution < -0.4 is 5.73 Å². The molecule has 0 bridgehead atoms. The number of hydrogen-bond donors (Lipinski definition) is 1. The zero-order valence-electron chi connectivity index (χ0n) is 11.0. The Morgan fingerprint density at radius 1 is 1.39 bits per heavy atom. The second kappa shape index (κ2) is 8.08. The smallest absolute Gasteiger partial charge is 0.242 e. The molecule has 1 aromatic carbocycles. The summed E-state index contributed by atoms with van der Waals surface area (Å²) in [6, 6.07) is 9.27. The number of rotatable bonds is 5. The maximum atomic E-state index is 12.0. The predicted molar refractivity (Wildman–Crippen MR) is 74.7 cm³/mol. The van der Waals surface area contributed by atoms with Gasteiger partial charge in [0.15, 0.2) is 0 Å². The number of hydrogen-bond acceptors (Lipinski definition) is 3. The summed E-state index contributed by atoms with van der Waals surface area (Å²) in [4.78, 5) is 13.6. The summed E-state index contributed by atoms with van der Waals surface area (Å²) in [5, 5.41) is 0. The van der Waals surface area contributed by atoms with Gasteiger partial charge >= 0.3 is 0 Å². The van der Waals surface area contributed by atoms with Crippen molar-refractivity contribution in [1.29, 1.82) is 0 Å². The molecule has 2 atom stereocenters. The zero-order chi connectivity index (χ0) is 12.8. The van der Waals surface area contributed by atoms with Crippen molar-refractivity contribution in [3.05, 3.63) is 35.9 Å². The van der Waals surface area contributed by atoms with E-state index in [1.54, 1.807) is 11.9 Å². The molecule has 2 unspecified atom stereocenters. The fourth-order valence-corrected chi connectivity index (χ4v) is 1.66. The molecule has 0 fully saturated rings. The van der Waals surface area contributed by atoms with Gasteiger partial charge in [0.25, 0.3) is 0 Å². The van der Waals surface area contributed by atoms with Gasteiger partial charge in [0, 0.05) is 14.2 Å². The minimum absolute atomic E-state index is 0. The summed E-state index contributed by atoms with van der Waals surface area (Å²) < 4.78 is 4.89. The predicted octanol–water partition coefficient (Wildman–Crippen LogP) is 1.60. The summed E-state index contributed by atoms with van der Waals surface area (Å²) in [5.41, 5.74) is 6.82. The molecular formula is C13H21ClN2O2. The lowest BCUT2D eigenvalue weighted by Crippen LogP contribution is -2.45. The molecule has 0 saturated heterocycles. The van der Waals surface area contributed by atoms with Crippen molar-refractivity contribution in [3.63, 3.8) is 0 Å². The Balaban J connectivity index is 0.00000289. The standard InChI is InChI=1S/C13H20N2O2.ClH/c1-10(11-7-5-4-6-8-11)15(2)13(16)12(14)9-17-3;/h4-8,10,12H,9,14H2,1-3H3;1H. The fourth-order valence-electron chi connectivity index (χ4n) is 1.66. The molecule has 0 heterocycles. The number of amides is 1. The van der Waals surface area contributed by atoms with E-state index in [0.717, 1.165) is 5.56 Å². The van der Waals surface area contributed by atoms with Gasteiger partial charge in [0.2, 0.25) is 5.91 Å². The number of halogens is 1. The third-order valence-corrected chi connectivity index (χ3v) is 2.87. The summed E-state index contributed by atoms with van der Waals surface area (Å²) in [6.45, 7) is 2.22. The number of nitrogens with zero attached hydrogens (tertiary/aromatic N) is 1. The van der Waals surface area contributed by atoms with Crippen molar-refractivity contribution in [2.75, 3.05) is 20.8 Å². The lowest BCUT2D eigenvalue weighted by Gasteiger charge is -2.27. The van der Waals surface area contributed by atoms with E-state index in [0.29, 0.717) is 0 Å². The van der Waals surface area contributed by atoms with E-state index in [-0.39, 0.29) is 31.0 Å². The molecular weight excluding hydrogens is 252 g/mol. The topological polar surface area (TPSA) is 55.6 Å². The molecule has 1 aromatic rings. The number of likely N-dealkylation sites (N-methyl/N-ethyl adjacent to an activating group) is 1. The second-order valence-electron chi connectivity index (χ2n) is 4.10. The van der Waals surface area contributed by atoms with Gasteiger partial charge in [0.05, 0.1) is 12.6 Å². The molecule has 1 amide bonds. The Kier molecular flexibility index (Phi) is 7.59. The Labute approximate surface area is 115 Å². The van der Waals surface area contributed by atoms with Crippen molar-refractivity contribution in [2.45, 2.75) is 19.0 Å². The van der Waals surface area contributed by atoms with E-state index in [1.807, 2.05) is 37.3 Å². The van der Waals surface area contributed by atoms with E-state index in [4.69, 9.17) is 10.5 Å². The number of benzene rings is 1. The van der Waals surface area contributed by atoms with Gasteiger partial charge < -0.3 is 15.4 Å². The molecule has 0 aliphatic rings. The van der Waals surface area contributed by atoms with Crippen molar-refractivity contribution < 1.29 is 9.53 Å². The maximum Gasteiger partial charge on any atom is 0.242 e. The zero-order valence-corrected chi connectivity index (χ0v) is 11.8. The van der Waals surface area contributed by atoms with Gasteiger partial charge in [0.1, 0.15) is 6.04 Å². The van der Waals surface area contributed by atoms with Crippen molar-refractivity contribution in [2.24, 2.45) is 5.73 Å². The number of nitrogens with two attached hydrogens (primary N) is 1. The molecule has 0 aliphatic heterocycles.